The third-order valence-electron chi connectivity index (χ3n) is 9.74. The number of rotatable bonds is 15. The number of benzene rings is 4. The van der Waals surface area contributed by atoms with Gasteiger partial charge in [0.2, 0.25) is 0 Å². The van der Waals surface area contributed by atoms with E-state index in [1.54, 1.807) is 12.1 Å². The highest BCUT2D eigenvalue weighted by Gasteiger charge is 2.52. The highest BCUT2D eigenvalue weighted by atomic mass is 19.3. The number of halogens is 3. The van der Waals surface area contributed by atoms with Crippen LogP contribution in [0.4, 0.5) is 13.2 Å². The van der Waals surface area contributed by atoms with Crippen molar-refractivity contribution in [2.24, 2.45) is 0 Å². The van der Waals surface area contributed by atoms with Gasteiger partial charge in [-0.05, 0) is 65.4 Å². The minimum Gasteiger partial charge on any atom is -0.395 e. The van der Waals surface area contributed by atoms with Crippen LogP contribution in [0.25, 0.3) is 10.9 Å². The van der Waals surface area contributed by atoms with Crippen LogP contribution < -0.4 is 9.47 Å². The molecule has 1 fully saturated rings. The second-order valence-electron chi connectivity index (χ2n) is 14.2. The summed E-state index contributed by atoms with van der Waals surface area (Å²) in [5.41, 5.74) is 2.79. The van der Waals surface area contributed by atoms with Crippen LogP contribution in [0.1, 0.15) is 54.6 Å². The number of ketones is 1. The number of carbonyl (C=O) groups is 1. The molecule has 1 atom stereocenters. The number of aromatic nitrogens is 1. The van der Waals surface area contributed by atoms with Gasteiger partial charge in [-0.1, -0.05) is 80.6 Å². The number of hydrogen-bond acceptors (Lipinski definition) is 6. The van der Waals surface area contributed by atoms with Crippen LogP contribution in [-0.4, -0.2) is 41.1 Å². The maximum absolute atomic E-state index is 16.0. The van der Waals surface area contributed by atoms with Crippen LogP contribution in [-0.2, 0) is 51.3 Å². The van der Waals surface area contributed by atoms with E-state index < -0.39 is 29.0 Å². The number of alkyl halides is 2. The smallest absolute Gasteiger partial charge is 0.395 e. The minimum atomic E-state index is -3.76. The molecule has 51 heavy (non-hydrogen) atoms. The van der Waals surface area contributed by atoms with Crippen molar-refractivity contribution in [2.45, 2.75) is 76.1 Å². The topological polar surface area (TPSA) is 79.2 Å². The van der Waals surface area contributed by atoms with E-state index in [4.69, 9.17) is 9.47 Å². The van der Waals surface area contributed by atoms with Gasteiger partial charge in [-0.2, -0.15) is 0 Å². The van der Waals surface area contributed by atoms with Gasteiger partial charge in [0, 0.05) is 22.9 Å². The van der Waals surface area contributed by atoms with Crippen molar-refractivity contribution in [3.05, 3.63) is 131 Å². The fourth-order valence-electron chi connectivity index (χ4n) is 6.89. The predicted molar refractivity (Wildman–Crippen MR) is 185 cm³/mol. The van der Waals surface area contributed by atoms with E-state index in [1.807, 2.05) is 85.1 Å². The van der Waals surface area contributed by atoms with Gasteiger partial charge in [0.1, 0.15) is 11.6 Å². The molecule has 1 aliphatic carbocycles. The van der Waals surface area contributed by atoms with Crippen LogP contribution in [0.15, 0.2) is 97.1 Å². The van der Waals surface area contributed by atoms with Gasteiger partial charge >= 0.3 is 6.29 Å². The van der Waals surface area contributed by atoms with Gasteiger partial charge in [0.25, 0.3) is 0 Å². The van der Waals surface area contributed by atoms with Crippen molar-refractivity contribution in [3.8, 4) is 11.5 Å². The molecule has 10 heteroatoms. The lowest BCUT2D eigenvalue weighted by Crippen LogP contribution is -2.30. The Morgan fingerprint density at radius 3 is 2.20 bits per heavy atom. The van der Waals surface area contributed by atoms with Crippen molar-refractivity contribution >= 4 is 16.7 Å². The standard InChI is InChI=1S/C41H40F3NO6/c1-39(2,26-49-24-28-11-7-4-8-12-28)37-18-30-17-29(19-38(47)40(15-16-40)31-13-14-35-36(20-31)51-41(43,44)50-35)33(42)21-34(30)45(37)22-32(46)25-48-23-27-9-5-3-6-10-27/h3-14,17-18,20-21,32,46H,15-16,19,22-26H2,1-2H3/t32-/m1/s1. The van der Waals surface area contributed by atoms with Crippen LogP contribution in [0.3, 0.4) is 0 Å². The Hall–Kier alpha value is -4.64. The largest absolute Gasteiger partial charge is 0.586 e. The summed E-state index contributed by atoms with van der Waals surface area (Å²) in [4.78, 5) is 13.8. The number of aliphatic hydroxyl groups excluding tert-OH is 1. The van der Waals surface area contributed by atoms with Crippen molar-refractivity contribution in [2.75, 3.05) is 13.2 Å². The number of Topliss-reactive ketones (excluding diaryl/α,β-unsaturated/α-hetero) is 1. The Kier molecular flexibility index (Phi) is 9.43. The molecule has 0 saturated heterocycles. The van der Waals surface area contributed by atoms with E-state index in [9.17, 15) is 18.7 Å². The molecule has 5 aromatic rings. The second kappa shape index (κ2) is 13.8. The first-order chi connectivity index (χ1) is 24.4. The lowest BCUT2D eigenvalue weighted by molar-refractivity contribution is -0.286. The number of hydrogen-bond donors (Lipinski definition) is 1. The summed E-state index contributed by atoms with van der Waals surface area (Å²) in [6.45, 7) is 5.45. The van der Waals surface area contributed by atoms with E-state index in [2.05, 4.69) is 9.47 Å². The summed E-state index contributed by atoms with van der Waals surface area (Å²) in [5, 5.41) is 11.9. The van der Waals surface area contributed by atoms with Gasteiger partial charge < -0.3 is 28.6 Å². The van der Waals surface area contributed by atoms with E-state index in [-0.39, 0.29) is 42.4 Å². The zero-order valence-electron chi connectivity index (χ0n) is 28.5. The Labute approximate surface area is 294 Å². The molecule has 2 heterocycles. The van der Waals surface area contributed by atoms with Crippen LogP contribution >= 0.6 is 0 Å². The molecular weight excluding hydrogens is 659 g/mol. The summed E-state index contributed by atoms with van der Waals surface area (Å²) in [6, 6.07) is 29.0. The average molecular weight is 700 g/mol. The molecule has 266 valence electrons. The molecule has 0 bridgehead atoms. The van der Waals surface area contributed by atoms with E-state index in [1.165, 1.54) is 18.2 Å². The molecular formula is C41H40F3NO6. The average Bonchev–Trinajstić information content (AvgIpc) is 3.75. The van der Waals surface area contributed by atoms with Crippen molar-refractivity contribution < 1.29 is 42.0 Å². The first-order valence-corrected chi connectivity index (χ1v) is 17.1. The van der Waals surface area contributed by atoms with E-state index in [0.29, 0.717) is 43.7 Å². The van der Waals surface area contributed by atoms with E-state index >= 15 is 4.39 Å². The van der Waals surface area contributed by atoms with Gasteiger partial charge in [0.15, 0.2) is 11.5 Å². The van der Waals surface area contributed by atoms with Gasteiger partial charge in [0.05, 0.1) is 50.0 Å². The predicted octanol–water partition coefficient (Wildman–Crippen LogP) is 8.02. The SMILES string of the molecule is CC(C)(COCc1ccccc1)c1cc2cc(CC(=O)C3(c4ccc5c(c4)OC(F)(F)O5)CC3)c(F)cc2n1C[C@@H](O)COCc1ccccc1. The van der Waals surface area contributed by atoms with Crippen LogP contribution in [0.2, 0.25) is 0 Å². The fraction of sp³-hybridized carbons (Fsp3) is 0.341. The Morgan fingerprint density at radius 2 is 1.53 bits per heavy atom. The Balaban J connectivity index is 1.13. The van der Waals surface area contributed by atoms with Crippen molar-refractivity contribution in [1.29, 1.82) is 0 Å². The first kappa shape index (κ1) is 34.8. The van der Waals surface area contributed by atoms with Crippen LogP contribution in [0, 0.1) is 5.82 Å². The van der Waals surface area contributed by atoms with Gasteiger partial charge in [-0.15, -0.1) is 8.78 Å². The fourth-order valence-corrected chi connectivity index (χ4v) is 6.89. The zero-order chi connectivity index (χ0) is 35.8. The molecule has 0 radical (unpaired) electrons. The molecule has 0 unspecified atom stereocenters. The monoisotopic (exact) mass is 699 g/mol. The van der Waals surface area contributed by atoms with Gasteiger partial charge in [-0.25, -0.2) is 4.39 Å². The Morgan fingerprint density at radius 1 is 0.882 bits per heavy atom. The number of ether oxygens (including phenoxy) is 4. The molecule has 0 spiro atoms. The minimum absolute atomic E-state index is 0.0770. The van der Waals surface area contributed by atoms with E-state index in [0.717, 1.165) is 22.2 Å². The number of nitrogens with zero attached hydrogens (tertiary/aromatic N) is 1. The highest BCUT2D eigenvalue weighted by Crippen LogP contribution is 2.53. The second-order valence-corrected chi connectivity index (χ2v) is 14.2. The number of carbonyl (C=O) groups excluding carboxylic acids is 1. The zero-order valence-corrected chi connectivity index (χ0v) is 28.5. The molecule has 1 N–H and O–H groups in total. The third kappa shape index (κ3) is 7.54. The van der Waals surface area contributed by atoms with Crippen molar-refractivity contribution in [1.82, 2.24) is 4.57 Å². The van der Waals surface area contributed by atoms with Gasteiger partial charge in [-0.3, -0.25) is 4.79 Å². The normalized spacial score (nSPS) is 16.4. The molecule has 1 aromatic heterocycles. The maximum atomic E-state index is 16.0. The molecule has 7 nitrogen and oxygen atoms in total. The summed E-state index contributed by atoms with van der Waals surface area (Å²) in [5.74, 6) is -0.964. The van der Waals surface area contributed by atoms with Crippen molar-refractivity contribution in [3.63, 3.8) is 0 Å². The number of aliphatic hydroxyl groups is 1. The summed E-state index contributed by atoms with van der Waals surface area (Å²) < 4.78 is 66.3. The van der Waals surface area contributed by atoms with Crippen LogP contribution in [0.5, 0.6) is 11.5 Å². The molecule has 7 rings (SSSR count). The first-order valence-electron chi connectivity index (χ1n) is 17.1. The molecule has 1 saturated carbocycles. The quantitative estimate of drug-likeness (QED) is 0.119. The molecule has 0 amide bonds. The summed E-state index contributed by atoms with van der Waals surface area (Å²) >= 11 is 0. The third-order valence-corrected chi connectivity index (χ3v) is 9.74. The highest BCUT2D eigenvalue weighted by molar-refractivity contribution is 5.95. The number of fused-ring (bicyclic) bond motifs is 2. The molecule has 4 aromatic carbocycles. The summed E-state index contributed by atoms with van der Waals surface area (Å²) in [7, 11) is 0. The lowest BCUT2D eigenvalue weighted by Gasteiger charge is -2.28. The molecule has 1 aliphatic heterocycles. The summed E-state index contributed by atoms with van der Waals surface area (Å²) in [6.07, 6.45) is -3.78. The molecule has 2 aliphatic rings. The maximum Gasteiger partial charge on any atom is 0.586 e. The Bertz CT molecular complexity index is 2020. The lowest BCUT2D eigenvalue weighted by atomic mass is 9.87.